The molecule has 1 aromatic carbocycles. The number of anilines is 1. The molecule has 0 aliphatic carbocycles. The summed E-state index contributed by atoms with van der Waals surface area (Å²) in [7, 11) is 3.20. The summed E-state index contributed by atoms with van der Waals surface area (Å²) in [4.78, 5) is 8.55. The molecule has 0 spiro atoms. The third-order valence-electron chi connectivity index (χ3n) is 3.67. The van der Waals surface area contributed by atoms with Crippen molar-refractivity contribution in [1.29, 1.82) is 0 Å². The molecule has 8 heteroatoms. The van der Waals surface area contributed by atoms with Gasteiger partial charge in [0.25, 0.3) is 0 Å². The highest BCUT2D eigenvalue weighted by Gasteiger charge is 2.05. The Bertz CT molecular complexity index is 687. The van der Waals surface area contributed by atoms with Crippen LogP contribution in [-0.4, -0.2) is 36.3 Å². The van der Waals surface area contributed by atoms with Crippen molar-refractivity contribution >= 4 is 35.6 Å². The molecular formula is C17H26IN5O2. The number of halogens is 1. The van der Waals surface area contributed by atoms with Gasteiger partial charge in [0.05, 0.1) is 14.2 Å². The minimum Gasteiger partial charge on any atom is -0.493 e. The molecule has 1 heterocycles. The average Bonchev–Trinajstić information content (AvgIpc) is 2.99. The number of ether oxygens (including phenoxy) is 2. The second-order valence-electron chi connectivity index (χ2n) is 5.34. The zero-order chi connectivity index (χ0) is 17.4. The number of unbranched alkanes of at least 4 members (excludes halogenated alkanes) is 1. The predicted octanol–water partition coefficient (Wildman–Crippen LogP) is 3.03. The molecule has 2 aromatic rings. The van der Waals surface area contributed by atoms with E-state index < -0.39 is 0 Å². The Labute approximate surface area is 165 Å². The minimum absolute atomic E-state index is 0. The largest absolute Gasteiger partial charge is 0.493 e. The van der Waals surface area contributed by atoms with E-state index in [4.69, 9.17) is 15.2 Å². The van der Waals surface area contributed by atoms with E-state index in [-0.39, 0.29) is 24.0 Å². The lowest BCUT2D eigenvalue weighted by Crippen LogP contribution is -2.22. The molecule has 2 rings (SSSR count). The van der Waals surface area contributed by atoms with E-state index in [2.05, 4.69) is 19.9 Å². The summed E-state index contributed by atoms with van der Waals surface area (Å²) in [5.41, 5.74) is 6.73. The van der Waals surface area contributed by atoms with E-state index in [1.165, 1.54) is 0 Å². The lowest BCUT2D eigenvalue weighted by Gasteiger charge is -2.11. The van der Waals surface area contributed by atoms with Crippen LogP contribution in [0.3, 0.4) is 0 Å². The van der Waals surface area contributed by atoms with Crippen LogP contribution in [-0.2, 0) is 6.54 Å². The molecule has 138 valence electrons. The highest BCUT2D eigenvalue weighted by Crippen LogP contribution is 2.29. The Kier molecular flexibility index (Phi) is 9.11. The maximum Gasteiger partial charge on any atom is 0.193 e. The molecule has 0 unspecified atom stereocenters. The normalized spacial score (nSPS) is 10.9. The molecule has 3 N–H and O–H groups in total. The van der Waals surface area contributed by atoms with Gasteiger partial charge in [0.2, 0.25) is 0 Å². The van der Waals surface area contributed by atoms with Gasteiger partial charge in [-0.1, -0.05) is 0 Å². The first-order valence-corrected chi connectivity index (χ1v) is 7.90. The van der Waals surface area contributed by atoms with E-state index in [9.17, 15) is 0 Å². The van der Waals surface area contributed by atoms with Gasteiger partial charge < -0.3 is 25.1 Å². The summed E-state index contributed by atoms with van der Waals surface area (Å²) in [5, 5.41) is 3.06. The third-order valence-corrected chi connectivity index (χ3v) is 3.67. The van der Waals surface area contributed by atoms with Gasteiger partial charge in [-0.25, -0.2) is 4.98 Å². The number of hydrogen-bond acceptors (Lipinski definition) is 4. The van der Waals surface area contributed by atoms with Crippen LogP contribution < -0.4 is 20.5 Å². The Hall–Kier alpha value is -1.97. The predicted molar refractivity (Wildman–Crippen MR) is 111 cm³/mol. The van der Waals surface area contributed by atoms with Crippen molar-refractivity contribution in [1.82, 2.24) is 9.55 Å². The fourth-order valence-electron chi connectivity index (χ4n) is 2.33. The lowest BCUT2D eigenvalue weighted by atomic mass is 10.3. The first-order chi connectivity index (χ1) is 11.6. The number of aliphatic imine (C=N–C) groups is 1. The molecule has 0 bridgehead atoms. The molecule has 0 saturated heterocycles. The summed E-state index contributed by atoms with van der Waals surface area (Å²) >= 11 is 0. The molecule has 0 fully saturated rings. The van der Waals surface area contributed by atoms with Crippen LogP contribution in [0.15, 0.2) is 35.6 Å². The second-order valence-corrected chi connectivity index (χ2v) is 5.34. The van der Waals surface area contributed by atoms with Crippen LogP contribution in [0.25, 0.3) is 0 Å². The molecular weight excluding hydrogens is 433 g/mol. The van der Waals surface area contributed by atoms with Crippen molar-refractivity contribution in [3.8, 4) is 11.5 Å². The van der Waals surface area contributed by atoms with Crippen molar-refractivity contribution in [2.45, 2.75) is 26.3 Å². The first-order valence-electron chi connectivity index (χ1n) is 7.90. The van der Waals surface area contributed by atoms with Gasteiger partial charge in [-0.15, -0.1) is 24.0 Å². The minimum atomic E-state index is 0. The average molecular weight is 459 g/mol. The van der Waals surface area contributed by atoms with Crippen molar-refractivity contribution < 1.29 is 9.47 Å². The summed E-state index contributed by atoms with van der Waals surface area (Å²) < 4.78 is 12.6. The molecule has 0 atom stereocenters. The van der Waals surface area contributed by atoms with Gasteiger partial charge in [-0.3, -0.25) is 4.99 Å². The standard InChI is InChI=1S/C17H25N5O2.HI/c1-13-19-9-11-22(13)10-5-4-8-20-17(18)21-14-6-7-15(23-2)16(12-14)24-3;/h6-7,9,11-12H,4-5,8,10H2,1-3H3,(H3,18,20,21);1H. The summed E-state index contributed by atoms with van der Waals surface area (Å²) in [6.45, 7) is 3.63. The molecule has 7 nitrogen and oxygen atoms in total. The number of nitrogens with two attached hydrogens (primary N) is 1. The molecule has 0 amide bonds. The number of imidazole rings is 1. The monoisotopic (exact) mass is 459 g/mol. The molecule has 25 heavy (non-hydrogen) atoms. The fourth-order valence-corrected chi connectivity index (χ4v) is 2.33. The number of nitrogens with one attached hydrogen (secondary N) is 1. The fraction of sp³-hybridized carbons (Fsp3) is 0.412. The second kappa shape index (κ2) is 10.8. The maximum absolute atomic E-state index is 5.92. The Balaban J connectivity index is 0.00000312. The smallest absolute Gasteiger partial charge is 0.193 e. The summed E-state index contributed by atoms with van der Waals surface area (Å²) in [5.74, 6) is 2.74. The van der Waals surface area contributed by atoms with Crippen molar-refractivity contribution in [2.75, 3.05) is 26.1 Å². The van der Waals surface area contributed by atoms with Crippen LogP contribution >= 0.6 is 24.0 Å². The summed E-state index contributed by atoms with van der Waals surface area (Å²) in [6, 6.07) is 5.51. The Morgan fingerprint density at radius 1 is 1.24 bits per heavy atom. The van der Waals surface area contributed by atoms with Gasteiger partial charge in [-0.05, 0) is 31.9 Å². The number of guanidine groups is 1. The van der Waals surface area contributed by atoms with Crippen molar-refractivity contribution in [3.05, 3.63) is 36.4 Å². The maximum atomic E-state index is 5.92. The zero-order valence-corrected chi connectivity index (χ0v) is 17.2. The molecule has 0 aliphatic rings. The molecule has 0 saturated carbocycles. The number of methoxy groups -OCH3 is 2. The van der Waals surface area contributed by atoms with E-state index >= 15 is 0 Å². The number of rotatable bonds is 8. The number of benzene rings is 1. The lowest BCUT2D eigenvalue weighted by molar-refractivity contribution is 0.355. The SMILES string of the molecule is COc1ccc(NC(N)=NCCCCn2ccnc2C)cc1OC.I. The summed E-state index contributed by atoms with van der Waals surface area (Å²) in [6.07, 6.45) is 5.81. The van der Waals surface area contributed by atoms with Crippen LogP contribution in [0.2, 0.25) is 0 Å². The molecule has 0 aliphatic heterocycles. The van der Waals surface area contributed by atoms with Gasteiger partial charge in [0.1, 0.15) is 5.82 Å². The van der Waals surface area contributed by atoms with Crippen LogP contribution in [0.5, 0.6) is 11.5 Å². The first kappa shape index (κ1) is 21.1. The third kappa shape index (κ3) is 6.45. The van der Waals surface area contributed by atoms with E-state index in [0.717, 1.165) is 30.9 Å². The van der Waals surface area contributed by atoms with E-state index in [1.807, 2.05) is 37.5 Å². The zero-order valence-electron chi connectivity index (χ0n) is 14.9. The van der Waals surface area contributed by atoms with Crippen molar-refractivity contribution in [2.24, 2.45) is 10.7 Å². The molecule has 0 radical (unpaired) electrons. The highest BCUT2D eigenvalue weighted by molar-refractivity contribution is 14.0. The highest BCUT2D eigenvalue weighted by atomic mass is 127. The van der Waals surface area contributed by atoms with Crippen LogP contribution in [0.4, 0.5) is 5.69 Å². The van der Waals surface area contributed by atoms with Gasteiger partial charge in [0.15, 0.2) is 17.5 Å². The number of hydrogen-bond donors (Lipinski definition) is 2. The Morgan fingerprint density at radius 3 is 2.64 bits per heavy atom. The number of aromatic nitrogens is 2. The number of aryl methyl sites for hydroxylation is 2. The van der Waals surface area contributed by atoms with Crippen LogP contribution in [0.1, 0.15) is 18.7 Å². The van der Waals surface area contributed by atoms with Crippen LogP contribution in [0, 0.1) is 6.92 Å². The topological polar surface area (TPSA) is 86.7 Å². The van der Waals surface area contributed by atoms with E-state index in [1.54, 1.807) is 14.2 Å². The van der Waals surface area contributed by atoms with Gasteiger partial charge in [-0.2, -0.15) is 0 Å². The van der Waals surface area contributed by atoms with Gasteiger partial charge in [0, 0.05) is 37.2 Å². The Morgan fingerprint density at radius 2 is 2.00 bits per heavy atom. The van der Waals surface area contributed by atoms with Gasteiger partial charge >= 0.3 is 0 Å². The number of nitrogens with zero attached hydrogens (tertiary/aromatic N) is 3. The quantitative estimate of drug-likeness (QED) is 0.274. The van der Waals surface area contributed by atoms with E-state index in [0.29, 0.717) is 24.0 Å². The molecule has 1 aromatic heterocycles. The van der Waals surface area contributed by atoms with Crippen molar-refractivity contribution in [3.63, 3.8) is 0 Å².